The molecule has 0 saturated carbocycles. The summed E-state index contributed by atoms with van der Waals surface area (Å²) in [7, 11) is 0. The minimum Gasteiger partial charge on any atom is -0.356 e. The summed E-state index contributed by atoms with van der Waals surface area (Å²) in [6.07, 6.45) is 8.50. The molecular formula is C28H28BrN3O2. The van der Waals surface area contributed by atoms with Crippen molar-refractivity contribution in [1.29, 1.82) is 0 Å². The fraction of sp³-hybridized carbons (Fsp3) is 0.357. The third-order valence-corrected chi connectivity index (χ3v) is 8.14. The van der Waals surface area contributed by atoms with Gasteiger partial charge in [-0.15, -0.1) is 0 Å². The minimum absolute atomic E-state index is 0.0273. The minimum atomic E-state index is -0.470. The molecule has 5 nitrogen and oxygen atoms in total. The van der Waals surface area contributed by atoms with E-state index in [1.807, 2.05) is 41.3 Å². The molecule has 3 aromatic rings. The molecule has 0 unspecified atom stereocenters. The number of nitrogens with one attached hydrogen (secondary N) is 1. The Morgan fingerprint density at radius 2 is 1.85 bits per heavy atom. The van der Waals surface area contributed by atoms with Crippen LogP contribution in [-0.4, -0.2) is 45.7 Å². The van der Waals surface area contributed by atoms with Gasteiger partial charge in [-0.25, -0.2) is 0 Å². The maximum atomic E-state index is 13.8. The van der Waals surface area contributed by atoms with E-state index in [-0.39, 0.29) is 24.4 Å². The largest absolute Gasteiger partial charge is 0.356 e. The third-order valence-electron chi connectivity index (χ3n) is 7.62. The second-order valence-corrected chi connectivity index (χ2v) is 10.6. The van der Waals surface area contributed by atoms with Crippen molar-refractivity contribution in [2.24, 2.45) is 0 Å². The van der Waals surface area contributed by atoms with Crippen LogP contribution in [0, 0.1) is 0 Å². The average Bonchev–Trinajstić information content (AvgIpc) is 3.24. The first-order valence-electron chi connectivity index (χ1n) is 12.2. The van der Waals surface area contributed by atoms with E-state index in [9.17, 15) is 9.59 Å². The number of carbonyl (C=O) groups excluding carboxylic acids is 2. The molecular weight excluding hydrogens is 490 g/mol. The van der Waals surface area contributed by atoms with E-state index in [0.717, 1.165) is 51.5 Å². The number of carbonyl (C=O) groups is 2. The number of allylic oxidation sites excluding steroid dienone is 1. The van der Waals surface area contributed by atoms with Crippen molar-refractivity contribution in [3.63, 3.8) is 0 Å². The monoisotopic (exact) mass is 517 g/mol. The number of benzene rings is 2. The number of rotatable bonds is 4. The zero-order valence-corrected chi connectivity index (χ0v) is 20.7. The molecule has 3 heterocycles. The normalized spacial score (nSPS) is 22.6. The Morgan fingerprint density at radius 3 is 2.65 bits per heavy atom. The van der Waals surface area contributed by atoms with Gasteiger partial charge in [-0.1, -0.05) is 57.9 Å². The van der Waals surface area contributed by atoms with E-state index >= 15 is 0 Å². The van der Waals surface area contributed by atoms with Gasteiger partial charge in [0.05, 0.1) is 12.6 Å². The number of piperazine rings is 1. The highest BCUT2D eigenvalue weighted by Crippen LogP contribution is 2.42. The first-order chi connectivity index (χ1) is 16.6. The molecule has 2 atom stereocenters. The molecule has 174 valence electrons. The Hall–Kier alpha value is -2.86. The van der Waals surface area contributed by atoms with Crippen molar-refractivity contribution in [2.75, 3.05) is 13.1 Å². The smallest absolute Gasteiger partial charge is 0.246 e. The van der Waals surface area contributed by atoms with Crippen molar-refractivity contribution < 1.29 is 9.59 Å². The Balaban J connectivity index is 1.38. The van der Waals surface area contributed by atoms with Crippen LogP contribution in [0.25, 0.3) is 10.9 Å². The second kappa shape index (κ2) is 8.73. The lowest BCUT2D eigenvalue weighted by Crippen LogP contribution is -2.63. The molecule has 2 amide bonds. The number of para-hydroxylation sites is 1. The lowest BCUT2D eigenvalue weighted by Gasteiger charge is -2.47. The number of H-pyrrole nitrogens is 1. The summed E-state index contributed by atoms with van der Waals surface area (Å²) in [4.78, 5) is 34.6. The van der Waals surface area contributed by atoms with Crippen molar-refractivity contribution in [2.45, 2.75) is 50.6 Å². The Bertz CT molecular complexity index is 1290. The summed E-state index contributed by atoms with van der Waals surface area (Å²) < 4.78 is 0.990. The van der Waals surface area contributed by atoms with Gasteiger partial charge in [0.25, 0.3) is 0 Å². The van der Waals surface area contributed by atoms with E-state index in [2.05, 4.69) is 39.1 Å². The van der Waals surface area contributed by atoms with Crippen LogP contribution in [0.2, 0.25) is 0 Å². The molecule has 0 spiro atoms. The van der Waals surface area contributed by atoms with Gasteiger partial charge in [-0.3, -0.25) is 9.59 Å². The summed E-state index contributed by atoms with van der Waals surface area (Å²) in [6.45, 7) is 0.787. The quantitative estimate of drug-likeness (QED) is 0.464. The fourth-order valence-corrected chi connectivity index (χ4v) is 6.18. The van der Waals surface area contributed by atoms with Crippen LogP contribution in [0.4, 0.5) is 0 Å². The highest BCUT2D eigenvalue weighted by atomic mass is 79.9. The molecule has 1 saturated heterocycles. The van der Waals surface area contributed by atoms with Crippen molar-refractivity contribution >= 4 is 38.6 Å². The van der Waals surface area contributed by atoms with Crippen LogP contribution in [0.3, 0.4) is 0 Å². The average molecular weight is 518 g/mol. The molecule has 2 aromatic carbocycles. The second-order valence-electron chi connectivity index (χ2n) is 9.66. The van der Waals surface area contributed by atoms with E-state index in [1.54, 1.807) is 4.90 Å². The van der Waals surface area contributed by atoms with Gasteiger partial charge < -0.3 is 14.8 Å². The summed E-state index contributed by atoms with van der Waals surface area (Å²) >= 11 is 3.52. The summed E-state index contributed by atoms with van der Waals surface area (Å²) in [6, 6.07) is 15.6. The highest BCUT2D eigenvalue weighted by Gasteiger charge is 2.48. The van der Waals surface area contributed by atoms with Gasteiger partial charge in [-0.05, 0) is 61.4 Å². The predicted octanol–water partition coefficient (Wildman–Crippen LogP) is 5.51. The maximum Gasteiger partial charge on any atom is 0.246 e. The molecule has 0 radical (unpaired) electrons. The molecule has 1 fully saturated rings. The Labute approximate surface area is 207 Å². The van der Waals surface area contributed by atoms with Crippen molar-refractivity contribution in [3.05, 3.63) is 81.5 Å². The Morgan fingerprint density at radius 1 is 1.03 bits per heavy atom. The van der Waals surface area contributed by atoms with Crippen LogP contribution >= 0.6 is 15.9 Å². The van der Waals surface area contributed by atoms with Crippen molar-refractivity contribution in [3.8, 4) is 0 Å². The third kappa shape index (κ3) is 3.68. The number of hydrogen-bond donors (Lipinski definition) is 1. The zero-order chi connectivity index (χ0) is 23.2. The standard InChI is InChI=1S/C28H28BrN3O2/c29-20-12-10-19(11-13-20)27-26-22(21-8-4-5-9-23(21)30-26)16-24-28(34)31(17-25(33)32(24)27)15-14-18-6-2-1-3-7-18/h4-6,8-13,24,27,30H,1-3,7,14-17H2/t24-,27+/m0/s1. The summed E-state index contributed by atoms with van der Waals surface area (Å²) in [5.74, 6) is 0.105. The van der Waals surface area contributed by atoms with Gasteiger partial charge in [0.15, 0.2) is 0 Å². The predicted molar refractivity (Wildman–Crippen MR) is 136 cm³/mol. The summed E-state index contributed by atoms with van der Waals surface area (Å²) in [5, 5.41) is 1.14. The van der Waals surface area contributed by atoms with Gasteiger partial charge in [0.2, 0.25) is 11.8 Å². The molecule has 1 aromatic heterocycles. The van der Waals surface area contributed by atoms with Crippen LogP contribution in [0.5, 0.6) is 0 Å². The van der Waals surface area contributed by atoms with Crippen molar-refractivity contribution in [1.82, 2.24) is 14.8 Å². The number of hydrogen-bond acceptors (Lipinski definition) is 2. The zero-order valence-electron chi connectivity index (χ0n) is 19.1. The van der Waals surface area contributed by atoms with E-state index in [4.69, 9.17) is 0 Å². The fourth-order valence-electron chi connectivity index (χ4n) is 5.91. The van der Waals surface area contributed by atoms with E-state index < -0.39 is 6.04 Å². The van der Waals surface area contributed by atoms with Crippen LogP contribution < -0.4 is 0 Å². The molecule has 3 aliphatic rings. The van der Waals surface area contributed by atoms with E-state index in [1.165, 1.54) is 18.4 Å². The molecule has 34 heavy (non-hydrogen) atoms. The molecule has 2 aliphatic heterocycles. The lowest BCUT2D eigenvalue weighted by atomic mass is 9.86. The Kier molecular flexibility index (Phi) is 5.56. The van der Waals surface area contributed by atoms with Crippen LogP contribution in [0.15, 0.2) is 64.7 Å². The topological polar surface area (TPSA) is 56.4 Å². The molecule has 1 aliphatic carbocycles. The molecule has 6 heteroatoms. The van der Waals surface area contributed by atoms with Gasteiger partial charge in [0.1, 0.15) is 6.04 Å². The first-order valence-corrected chi connectivity index (χ1v) is 13.0. The van der Waals surface area contributed by atoms with Gasteiger partial charge >= 0.3 is 0 Å². The summed E-state index contributed by atoms with van der Waals surface area (Å²) in [5.41, 5.74) is 5.69. The maximum absolute atomic E-state index is 13.8. The molecule has 1 N–H and O–H groups in total. The number of aromatic nitrogens is 1. The number of fused-ring (bicyclic) bond motifs is 4. The first kappa shape index (κ1) is 21.7. The van der Waals surface area contributed by atoms with Gasteiger partial charge in [-0.2, -0.15) is 0 Å². The number of nitrogens with zero attached hydrogens (tertiary/aromatic N) is 2. The molecule has 6 rings (SSSR count). The van der Waals surface area contributed by atoms with Gasteiger partial charge in [0, 0.05) is 34.0 Å². The lowest BCUT2D eigenvalue weighted by molar-refractivity contribution is -0.158. The van der Waals surface area contributed by atoms with E-state index in [0.29, 0.717) is 13.0 Å². The molecule has 0 bridgehead atoms. The number of amides is 2. The SMILES string of the molecule is O=C1[C@@H]2Cc3c([nH]c4ccccc34)[C@@H](c3ccc(Br)cc3)N2C(=O)CN1CCC1=CCCCC1. The van der Waals surface area contributed by atoms with Crippen LogP contribution in [0.1, 0.15) is 55.0 Å². The number of aromatic amines is 1. The van der Waals surface area contributed by atoms with Crippen LogP contribution in [-0.2, 0) is 16.0 Å². The highest BCUT2D eigenvalue weighted by molar-refractivity contribution is 9.10. The number of halogens is 1.